The number of nitrogens with zero attached hydrogens (tertiary/aromatic N) is 2. The van der Waals surface area contributed by atoms with Crippen LogP contribution in [-0.4, -0.2) is 19.2 Å². The van der Waals surface area contributed by atoms with Crippen molar-refractivity contribution in [2.75, 3.05) is 12.1 Å². The van der Waals surface area contributed by atoms with Crippen molar-refractivity contribution in [3.05, 3.63) is 72.8 Å². The summed E-state index contributed by atoms with van der Waals surface area (Å²) in [6.07, 6.45) is 2.87. The zero-order valence-electron chi connectivity index (χ0n) is 11.8. The predicted molar refractivity (Wildman–Crippen MR) is 84.7 cm³/mol. The molecular weight excluding hydrogens is 264 g/mol. The van der Waals surface area contributed by atoms with Gasteiger partial charge < -0.3 is 4.74 Å². The summed E-state index contributed by atoms with van der Waals surface area (Å²) in [6.45, 7) is 3.35. The molecule has 4 nitrogen and oxygen atoms in total. The second-order valence-corrected chi connectivity index (χ2v) is 4.30. The normalized spacial score (nSPS) is 10.3. The average Bonchev–Trinajstić information content (AvgIpc) is 2.54. The highest BCUT2D eigenvalue weighted by molar-refractivity contribution is 5.84. The zero-order valence-corrected chi connectivity index (χ0v) is 11.8. The standard InChI is InChI=1S/C17H16N2O2/c1-3-17(20)21-16-11-9-14(10-12-16)13-18-19(2)15-7-5-4-6-8-15/h3-13H,1H2,2H3. The van der Waals surface area contributed by atoms with E-state index in [2.05, 4.69) is 11.7 Å². The molecule has 0 amide bonds. The second-order valence-electron chi connectivity index (χ2n) is 4.30. The van der Waals surface area contributed by atoms with E-state index in [1.165, 1.54) is 0 Å². The number of hydrogen-bond acceptors (Lipinski definition) is 4. The molecule has 0 spiro atoms. The Morgan fingerprint density at radius 3 is 2.43 bits per heavy atom. The lowest BCUT2D eigenvalue weighted by molar-refractivity contribution is -0.128. The van der Waals surface area contributed by atoms with Crippen molar-refractivity contribution in [1.29, 1.82) is 0 Å². The lowest BCUT2D eigenvalue weighted by atomic mass is 10.2. The van der Waals surface area contributed by atoms with Crippen molar-refractivity contribution in [1.82, 2.24) is 0 Å². The minimum absolute atomic E-state index is 0.472. The molecular formula is C17H16N2O2. The van der Waals surface area contributed by atoms with Crippen molar-refractivity contribution in [2.45, 2.75) is 0 Å². The van der Waals surface area contributed by atoms with Gasteiger partial charge in [0.25, 0.3) is 0 Å². The Hall–Kier alpha value is -2.88. The van der Waals surface area contributed by atoms with E-state index in [0.29, 0.717) is 5.75 Å². The van der Waals surface area contributed by atoms with Crippen LogP contribution in [0.5, 0.6) is 5.75 Å². The second kappa shape index (κ2) is 7.05. The lowest BCUT2D eigenvalue weighted by Crippen LogP contribution is -2.08. The van der Waals surface area contributed by atoms with Gasteiger partial charge in [0, 0.05) is 13.1 Å². The van der Waals surface area contributed by atoms with E-state index in [0.717, 1.165) is 17.3 Å². The van der Waals surface area contributed by atoms with Crippen LogP contribution < -0.4 is 9.75 Å². The van der Waals surface area contributed by atoms with Crippen LogP contribution >= 0.6 is 0 Å². The monoisotopic (exact) mass is 280 g/mol. The minimum atomic E-state index is -0.472. The summed E-state index contributed by atoms with van der Waals surface area (Å²) in [5.74, 6) is 0.00805. The number of rotatable bonds is 5. The van der Waals surface area contributed by atoms with Gasteiger partial charge in [-0.2, -0.15) is 5.10 Å². The van der Waals surface area contributed by atoms with Crippen LogP contribution in [0.4, 0.5) is 5.69 Å². The summed E-state index contributed by atoms with van der Waals surface area (Å²) < 4.78 is 5.00. The Labute approximate surface area is 124 Å². The summed E-state index contributed by atoms with van der Waals surface area (Å²) in [5, 5.41) is 6.14. The highest BCUT2D eigenvalue weighted by Gasteiger charge is 1.99. The molecule has 0 bridgehead atoms. The van der Waals surface area contributed by atoms with Crippen LogP contribution in [0, 0.1) is 0 Å². The number of anilines is 1. The summed E-state index contributed by atoms with van der Waals surface area (Å²) in [4.78, 5) is 11.1. The molecule has 0 aliphatic rings. The minimum Gasteiger partial charge on any atom is -0.423 e. The first kappa shape index (κ1) is 14.5. The van der Waals surface area contributed by atoms with Crippen molar-refractivity contribution < 1.29 is 9.53 Å². The highest BCUT2D eigenvalue weighted by Crippen LogP contribution is 2.13. The van der Waals surface area contributed by atoms with Crippen molar-refractivity contribution in [3.63, 3.8) is 0 Å². The van der Waals surface area contributed by atoms with E-state index in [-0.39, 0.29) is 0 Å². The molecule has 0 unspecified atom stereocenters. The maximum Gasteiger partial charge on any atom is 0.335 e. The molecule has 0 heterocycles. The summed E-state index contributed by atoms with van der Waals surface area (Å²) in [5.41, 5.74) is 1.92. The molecule has 2 aromatic rings. The molecule has 0 aliphatic carbocycles. The van der Waals surface area contributed by atoms with E-state index in [1.807, 2.05) is 49.5 Å². The first-order chi connectivity index (χ1) is 10.2. The average molecular weight is 280 g/mol. The number of para-hydroxylation sites is 1. The Bertz CT molecular complexity index is 634. The van der Waals surface area contributed by atoms with Gasteiger partial charge in [0.15, 0.2) is 0 Å². The molecule has 0 aliphatic heterocycles. The fourth-order valence-electron chi connectivity index (χ4n) is 1.64. The van der Waals surface area contributed by atoms with Gasteiger partial charge in [-0.1, -0.05) is 24.8 Å². The maximum atomic E-state index is 11.1. The molecule has 2 aromatic carbocycles. The molecule has 106 valence electrons. The van der Waals surface area contributed by atoms with Crippen LogP contribution in [0.3, 0.4) is 0 Å². The summed E-state index contributed by atoms with van der Waals surface area (Å²) >= 11 is 0. The van der Waals surface area contributed by atoms with Gasteiger partial charge in [-0.3, -0.25) is 5.01 Å². The number of hydrogen-bond donors (Lipinski definition) is 0. The molecule has 21 heavy (non-hydrogen) atoms. The summed E-state index contributed by atoms with van der Waals surface area (Å²) in [6, 6.07) is 16.9. The Morgan fingerprint density at radius 2 is 1.81 bits per heavy atom. The zero-order chi connectivity index (χ0) is 15.1. The number of carbonyl (C=O) groups is 1. The van der Waals surface area contributed by atoms with Crippen molar-refractivity contribution in [3.8, 4) is 5.75 Å². The van der Waals surface area contributed by atoms with Crippen LogP contribution in [-0.2, 0) is 4.79 Å². The number of hydrazone groups is 1. The molecule has 4 heteroatoms. The van der Waals surface area contributed by atoms with E-state index in [9.17, 15) is 4.79 Å². The van der Waals surface area contributed by atoms with E-state index in [4.69, 9.17) is 4.74 Å². The third-order valence-corrected chi connectivity index (χ3v) is 2.78. The molecule has 0 saturated heterocycles. The smallest absolute Gasteiger partial charge is 0.335 e. The van der Waals surface area contributed by atoms with Gasteiger partial charge in [0.1, 0.15) is 5.75 Å². The first-order valence-corrected chi connectivity index (χ1v) is 6.46. The molecule has 0 saturated carbocycles. The van der Waals surface area contributed by atoms with E-state index >= 15 is 0 Å². The van der Waals surface area contributed by atoms with Gasteiger partial charge in [0.05, 0.1) is 11.9 Å². The van der Waals surface area contributed by atoms with Crippen LogP contribution in [0.15, 0.2) is 72.4 Å². The lowest BCUT2D eigenvalue weighted by Gasteiger charge is -2.12. The molecule has 2 rings (SSSR count). The Morgan fingerprint density at radius 1 is 1.14 bits per heavy atom. The maximum absolute atomic E-state index is 11.1. The fourth-order valence-corrected chi connectivity index (χ4v) is 1.64. The highest BCUT2D eigenvalue weighted by atomic mass is 16.5. The van der Waals surface area contributed by atoms with Crippen LogP contribution in [0.2, 0.25) is 0 Å². The van der Waals surface area contributed by atoms with Gasteiger partial charge in [0.2, 0.25) is 0 Å². The van der Waals surface area contributed by atoms with E-state index in [1.54, 1.807) is 23.4 Å². The predicted octanol–water partition coefficient (Wildman–Crippen LogP) is 3.25. The number of esters is 1. The van der Waals surface area contributed by atoms with Gasteiger partial charge >= 0.3 is 5.97 Å². The fraction of sp³-hybridized carbons (Fsp3) is 0.0588. The molecule has 0 atom stereocenters. The number of carbonyl (C=O) groups excluding carboxylic acids is 1. The third kappa shape index (κ3) is 4.31. The number of benzene rings is 2. The largest absolute Gasteiger partial charge is 0.423 e. The van der Waals surface area contributed by atoms with Crippen molar-refractivity contribution >= 4 is 17.9 Å². The summed E-state index contributed by atoms with van der Waals surface area (Å²) in [7, 11) is 1.88. The molecule has 0 N–H and O–H groups in total. The van der Waals surface area contributed by atoms with Gasteiger partial charge in [-0.25, -0.2) is 4.79 Å². The topological polar surface area (TPSA) is 41.9 Å². The van der Waals surface area contributed by atoms with Gasteiger partial charge in [-0.15, -0.1) is 0 Å². The van der Waals surface area contributed by atoms with Gasteiger partial charge in [-0.05, 0) is 42.0 Å². The Balaban J connectivity index is 2.01. The SMILES string of the molecule is C=CC(=O)Oc1ccc(C=NN(C)c2ccccc2)cc1. The van der Waals surface area contributed by atoms with Crippen LogP contribution in [0.1, 0.15) is 5.56 Å². The van der Waals surface area contributed by atoms with E-state index < -0.39 is 5.97 Å². The Kier molecular flexibility index (Phi) is 4.88. The number of ether oxygens (including phenoxy) is 1. The van der Waals surface area contributed by atoms with Crippen molar-refractivity contribution in [2.24, 2.45) is 5.10 Å². The third-order valence-electron chi connectivity index (χ3n) is 2.78. The molecule has 0 aromatic heterocycles. The molecule has 0 radical (unpaired) electrons. The quantitative estimate of drug-likeness (QED) is 0.277. The first-order valence-electron chi connectivity index (χ1n) is 6.46. The molecule has 0 fully saturated rings. The van der Waals surface area contributed by atoms with Crippen LogP contribution in [0.25, 0.3) is 0 Å².